The van der Waals surface area contributed by atoms with E-state index >= 15 is 0 Å². The van der Waals surface area contributed by atoms with Gasteiger partial charge in [-0.05, 0) is 36.5 Å². The highest BCUT2D eigenvalue weighted by molar-refractivity contribution is 7.71. The third kappa shape index (κ3) is 4.04. The van der Waals surface area contributed by atoms with Crippen LogP contribution in [-0.2, 0) is 11.3 Å². The van der Waals surface area contributed by atoms with Crippen molar-refractivity contribution in [3.8, 4) is 22.6 Å². The molecule has 0 bridgehead atoms. The maximum Gasteiger partial charge on any atom is 0.246 e. The van der Waals surface area contributed by atoms with Crippen molar-refractivity contribution in [2.45, 2.75) is 6.54 Å². The van der Waals surface area contributed by atoms with E-state index in [1.165, 1.54) is 11.3 Å². The molecule has 2 aromatic heterocycles. The number of carbonyl (C=O) groups is 1. The van der Waals surface area contributed by atoms with E-state index in [1.54, 1.807) is 16.7 Å². The first kappa shape index (κ1) is 18.5. The molecule has 0 aliphatic heterocycles. The van der Waals surface area contributed by atoms with E-state index in [0.29, 0.717) is 20.7 Å². The average molecular weight is 428 g/mol. The SMILES string of the molecule is O=C(Cn1c(-c2ccc(Cl)cc2)n[nH]c1=S)Nc1nc(-c2ccccc2)cs1. The Morgan fingerprint density at radius 3 is 2.64 bits per heavy atom. The number of thiazole rings is 1. The molecule has 1 amide bonds. The Labute approximate surface area is 174 Å². The van der Waals surface area contributed by atoms with Gasteiger partial charge in [0.2, 0.25) is 5.91 Å². The Morgan fingerprint density at radius 1 is 1.14 bits per heavy atom. The lowest BCUT2D eigenvalue weighted by molar-refractivity contribution is -0.116. The molecule has 0 saturated carbocycles. The second-order valence-electron chi connectivity index (χ2n) is 5.90. The van der Waals surface area contributed by atoms with Gasteiger partial charge in [0.15, 0.2) is 15.7 Å². The van der Waals surface area contributed by atoms with Crippen LogP contribution >= 0.6 is 35.2 Å². The lowest BCUT2D eigenvalue weighted by Crippen LogP contribution is -2.19. The zero-order chi connectivity index (χ0) is 19.5. The number of halogens is 1. The number of nitrogens with zero attached hydrogens (tertiary/aromatic N) is 3. The maximum atomic E-state index is 12.5. The first-order chi connectivity index (χ1) is 13.6. The normalized spacial score (nSPS) is 10.8. The molecule has 28 heavy (non-hydrogen) atoms. The van der Waals surface area contributed by atoms with Crippen LogP contribution in [0.1, 0.15) is 0 Å². The number of anilines is 1. The summed E-state index contributed by atoms with van der Waals surface area (Å²) in [6, 6.07) is 17.0. The van der Waals surface area contributed by atoms with Gasteiger partial charge >= 0.3 is 0 Å². The molecular weight excluding hydrogens is 414 g/mol. The van der Waals surface area contributed by atoms with Crippen molar-refractivity contribution in [3.63, 3.8) is 0 Å². The van der Waals surface area contributed by atoms with E-state index in [9.17, 15) is 4.79 Å². The van der Waals surface area contributed by atoms with E-state index in [1.807, 2.05) is 47.8 Å². The van der Waals surface area contributed by atoms with Crippen LogP contribution in [0.2, 0.25) is 5.02 Å². The summed E-state index contributed by atoms with van der Waals surface area (Å²) in [6.07, 6.45) is 0. The van der Waals surface area contributed by atoms with Crippen molar-refractivity contribution in [1.29, 1.82) is 0 Å². The predicted molar refractivity (Wildman–Crippen MR) is 114 cm³/mol. The number of nitrogens with one attached hydrogen (secondary N) is 2. The number of aromatic amines is 1. The minimum absolute atomic E-state index is 0.0214. The molecule has 4 rings (SSSR count). The number of hydrogen-bond acceptors (Lipinski definition) is 5. The minimum Gasteiger partial charge on any atom is -0.300 e. The van der Waals surface area contributed by atoms with E-state index in [2.05, 4.69) is 20.5 Å². The average Bonchev–Trinajstić information content (AvgIpc) is 3.31. The van der Waals surface area contributed by atoms with E-state index in [-0.39, 0.29) is 12.5 Å². The number of carbonyl (C=O) groups excluding carboxylic acids is 1. The van der Waals surface area contributed by atoms with Gasteiger partial charge in [-0.3, -0.25) is 14.5 Å². The van der Waals surface area contributed by atoms with Gasteiger partial charge in [0.1, 0.15) is 6.54 Å². The summed E-state index contributed by atoms with van der Waals surface area (Å²) in [5.74, 6) is 0.336. The molecule has 0 saturated heterocycles. The topological polar surface area (TPSA) is 75.6 Å². The van der Waals surface area contributed by atoms with Crippen LogP contribution in [0.25, 0.3) is 22.6 Å². The van der Waals surface area contributed by atoms with Gasteiger partial charge in [-0.15, -0.1) is 11.3 Å². The van der Waals surface area contributed by atoms with Crippen LogP contribution in [0.4, 0.5) is 5.13 Å². The van der Waals surface area contributed by atoms with Gasteiger partial charge in [-0.25, -0.2) is 4.98 Å². The second-order valence-corrected chi connectivity index (χ2v) is 7.58. The molecule has 0 spiro atoms. The van der Waals surface area contributed by atoms with Crippen molar-refractivity contribution >= 4 is 46.2 Å². The first-order valence-corrected chi connectivity index (χ1v) is 9.99. The molecule has 0 unspecified atom stereocenters. The van der Waals surface area contributed by atoms with Crippen LogP contribution in [0.15, 0.2) is 60.0 Å². The van der Waals surface area contributed by atoms with Crippen LogP contribution in [0.5, 0.6) is 0 Å². The molecule has 0 aliphatic rings. The van der Waals surface area contributed by atoms with Gasteiger partial charge in [0.25, 0.3) is 0 Å². The fraction of sp³-hybridized carbons (Fsp3) is 0.0526. The van der Waals surface area contributed by atoms with Crippen molar-refractivity contribution in [1.82, 2.24) is 19.7 Å². The van der Waals surface area contributed by atoms with Gasteiger partial charge < -0.3 is 5.32 Å². The Balaban J connectivity index is 1.51. The summed E-state index contributed by atoms with van der Waals surface area (Å²) in [5.41, 5.74) is 2.63. The molecule has 0 aliphatic carbocycles. The van der Waals surface area contributed by atoms with Crippen LogP contribution < -0.4 is 5.32 Å². The molecule has 6 nitrogen and oxygen atoms in total. The molecule has 0 fully saturated rings. The molecule has 2 aromatic carbocycles. The van der Waals surface area contributed by atoms with Gasteiger partial charge in [-0.1, -0.05) is 41.9 Å². The molecule has 140 valence electrons. The Kier molecular flexibility index (Phi) is 5.34. The van der Waals surface area contributed by atoms with Crippen molar-refractivity contribution < 1.29 is 4.79 Å². The second kappa shape index (κ2) is 8.05. The summed E-state index contributed by atoms with van der Waals surface area (Å²) in [5, 5.41) is 12.9. The third-order valence-corrected chi connectivity index (χ3v) is 5.30. The number of benzene rings is 2. The standard InChI is InChI=1S/C19H14ClN5OS2/c20-14-8-6-13(7-9-14)17-23-24-19(27)25(17)10-16(26)22-18-21-15(11-28-18)12-4-2-1-3-5-12/h1-9,11H,10H2,(H,24,27)(H,21,22,26). The molecule has 9 heteroatoms. The highest BCUT2D eigenvalue weighted by Crippen LogP contribution is 2.25. The quantitative estimate of drug-likeness (QED) is 0.438. The molecule has 4 aromatic rings. The van der Waals surface area contributed by atoms with Gasteiger partial charge in [-0.2, -0.15) is 5.10 Å². The molecule has 0 atom stereocenters. The lowest BCUT2D eigenvalue weighted by atomic mass is 10.2. The summed E-state index contributed by atoms with van der Waals surface area (Å²) < 4.78 is 2.00. The van der Waals surface area contributed by atoms with Gasteiger partial charge in [0, 0.05) is 21.5 Å². The zero-order valence-electron chi connectivity index (χ0n) is 14.4. The van der Waals surface area contributed by atoms with Crippen LogP contribution in [0, 0.1) is 4.77 Å². The van der Waals surface area contributed by atoms with Crippen molar-refractivity contribution in [3.05, 3.63) is 69.8 Å². The number of amides is 1. The van der Waals surface area contributed by atoms with E-state index in [0.717, 1.165) is 16.8 Å². The molecule has 2 heterocycles. The fourth-order valence-corrected chi connectivity index (χ4v) is 3.72. The molecule has 2 N–H and O–H groups in total. The maximum absolute atomic E-state index is 12.5. The summed E-state index contributed by atoms with van der Waals surface area (Å²) in [6.45, 7) is 0.0214. The fourth-order valence-electron chi connectivity index (χ4n) is 2.66. The summed E-state index contributed by atoms with van der Waals surface area (Å²) in [7, 11) is 0. The Hall–Kier alpha value is -2.81. The van der Waals surface area contributed by atoms with Crippen LogP contribution in [0.3, 0.4) is 0 Å². The van der Waals surface area contributed by atoms with Crippen molar-refractivity contribution in [2.75, 3.05) is 5.32 Å². The number of hydrogen-bond donors (Lipinski definition) is 2. The lowest BCUT2D eigenvalue weighted by Gasteiger charge is -2.07. The summed E-state index contributed by atoms with van der Waals surface area (Å²) >= 11 is 12.6. The summed E-state index contributed by atoms with van der Waals surface area (Å²) in [4.78, 5) is 17.0. The number of rotatable bonds is 5. The smallest absolute Gasteiger partial charge is 0.246 e. The van der Waals surface area contributed by atoms with Crippen LogP contribution in [-0.4, -0.2) is 25.7 Å². The Morgan fingerprint density at radius 2 is 1.89 bits per heavy atom. The van der Waals surface area contributed by atoms with Crippen molar-refractivity contribution in [2.24, 2.45) is 0 Å². The highest BCUT2D eigenvalue weighted by Gasteiger charge is 2.14. The number of H-pyrrole nitrogens is 1. The van der Waals surface area contributed by atoms with E-state index < -0.39 is 0 Å². The Bertz CT molecular complexity index is 1170. The minimum atomic E-state index is -0.235. The highest BCUT2D eigenvalue weighted by atomic mass is 35.5. The zero-order valence-corrected chi connectivity index (χ0v) is 16.8. The van der Waals surface area contributed by atoms with E-state index in [4.69, 9.17) is 23.8 Å². The first-order valence-electron chi connectivity index (χ1n) is 8.32. The monoisotopic (exact) mass is 427 g/mol. The van der Waals surface area contributed by atoms with Gasteiger partial charge in [0.05, 0.1) is 5.69 Å². The molecular formula is C19H14ClN5OS2. The third-order valence-electron chi connectivity index (χ3n) is 3.98. The largest absolute Gasteiger partial charge is 0.300 e. The molecule has 0 radical (unpaired) electrons. The predicted octanol–water partition coefficient (Wildman–Crippen LogP) is 5.02. The number of aromatic nitrogens is 4.